The number of hydrazine groups is 1. The van der Waals surface area contributed by atoms with Crippen LogP contribution in [0.25, 0.3) is 0 Å². The van der Waals surface area contributed by atoms with E-state index in [-0.39, 0.29) is 0 Å². The minimum absolute atomic E-state index is 0.786. The summed E-state index contributed by atoms with van der Waals surface area (Å²) in [7, 11) is 0. The average Bonchev–Trinajstić information content (AvgIpc) is 2.41. The summed E-state index contributed by atoms with van der Waals surface area (Å²) < 4.78 is 0. The van der Waals surface area contributed by atoms with Gasteiger partial charge in [-0.1, -0.05) is 0 Å². The van der Waals surface area contributed by atoms with Crippen LogP contribution in [0.3, 0.4) is 0 Å². The van der Waals surface area contributed by atoms with Crippen LogP contribution in [-0.2, 0) is 0 Å². The summed E-state index contributed by atoms with van der Waals surface area (Å²) in [6.45, 7) is 1.28. The highest BCUT2D eigenvalue weighted by atomic mass is 15.7. The summed E-state index contributed by atoms with van der Waals surface area (Å²) in [5, 5.41) is 2.31. The van der Waals surface area contributed by atoms with Gasteiger partial charge in [0, 0.05) is 6.54 Å². The van der Waals surface area contributed by atoms with Gasteiger partial charge >= 0.3 is 0 Å². The van der Waals surface area contributed by atoms with Gasteiger partial charge in [-0.2, -0.15) is 0 Å². The Kier molecular flexibility index (Phi) is 0.664. The number of hydrogen-bond acceptors (Lipinski definition) is 2. The Hall–Kier alpha value is -0.0800. The molecular formula is C5H10N2. The number of fused-ring (bicyclic) bond motifs is 1. The van der Waals surface area contributed by atoms with Gasteiger partial charge in [0.1, 0.15) is 0 Å². The molecule has 0 bridgehead atoms. The van der Waals surface area contributed by atoms with Crippen molar-refractivity contribution >= 4 is 0 Å². The molecule has 2 aliphatic rings. The molecular weight excluding hydrogens is 88.1 g/mol. The van der Waals surface area contributed by atoms with Gasteiger partial charge in [0.2, 0.25) is 0 Å². The van der Waals surface area contributed by atoms with Crippen LogP contribution in [0.5, 0.6) is 0 Å². The molecule has 2 aliphatic heterocycles. The largest absolute Gasteiger partial charge is 0.235 e. The van der Waals surface area contributed by atoms with Crippen LogP contribution in [0.4, 0.5) is 0 Å². The fourth-order valence-electron chi connectivity index (χ4n) is 1.22. The van der Waals surface area contributed by atoms with Crippen molar-refractivity contribution < 1.29 is 0 Å². The van der Waals surface area contributed by atoms with Crippen LogP contribution in [-0.4, -0.2) is 17.7 Å². The third-order valence-electron chi connectivity index (χ3n) is 1.75. The van der Waals surface area contributed by atoms with Crippen LogP contribution < -0.4 is 5.43 Å². The van der Waals surface area contributed by atoms with Crippen molar-refractivity contribution in [3.8, 4) is 0 Å². The average molecular weight is 98.1 g/mol. The Morgan fingerprint density at radius 3 is 3.00 bits per heavy atom. The second kappa shape index (κ2) is 1.20. The smallest absolute Gasteiger partial charge is 0.0863 e. The van der Waals surface area contributed by atoms with E-state index in [9.17, 15) is 0 Å². The Morgan fingerprint density at radius 1 is 1.43 bits per heavy atom. The van der Waals surface area contributed by atoms with Crippen molar-refractivity contribution in [2.24, 2.45) is 0 Å². The fourth-order valence-corrected chi connectivity index (χ4v) is 1.22. The summed E-state index contributed by atoms with van der Waals surface area (Å²) in [5.74, 6) is 0. The van der Waals surface area contributed by atoms with Crippen molar-refractivity contribution in [2.75, 3.05) is 6.54 Å². The van der Waals surface area contributed by atoms with Gasteiger partial charge in [0.05, 0.1) is 6.17 Å². The minimum Gasteiger partial charge on any atom is -0.235 e. The molecule has 7 heavy (non-hydrogen) atoms. The first kappa shape index (κ1) is 3.87. The SMILES string of the molecule is C1CCN2NC2C1. The first-order valence-corrected chi connectivity index (χ1v) is 2.99. The molecule has 0 saturated carbocycles. The lowest BCUT2D eigenvalue weighted by Gasteiger charge is -2.04. The maximum Gasteiger partial charge on any atom is 0.0863 e. The van der Waals surface area contributed by atoms with Gasteiger partial charge in [-0.05, 0) is 19.3 Å². The van der Waals surface area contributed by atoms with Gasteiger partial charge in [-0.25, -0.2) is 10.4 Å². The van der Waals surface area contributed by atoms with Crippen LogP contribution in [0, 0.1) is 0 Å². The number of hydrogen-bond donors (Lipinski definition) is 1. The fraction of sp³-hybridized carbons (Fsp3) is 1.00. The lowest BCUT2D eigenvalue weighted by Crippen LogP contribution is -2.09. The molecule has 0 aromatic heterocycles. The number of rotatable bonds is 0. The molecule has 0 aromatic carbocycles. The van der Waals surface area contributed by atoms with E-state index in [4.69, 9.17) is 0 Å². The van der Waals surface area contributed by atoms with E-state index in [1.807, 2.05) is 0 Å². The summed E-state index contributed by atoms with van der Waals surface area (Å²) in [6.07, 6.45) is 4.98. The molecule has 2 atom stereocenters. The molecule has 0 aliphatic carbocycles. The zero-order chi connectivity index (χ0) is 4.69. The predicted octanol–water partition coefficient (Wildman–Crippen LogP) is 0.317. The molecule has 2 fully saturated rings. The second-order valence-corrected chi connectivity index (χ2v) is 2.33. The van der Waals surface area contributed by atoms with Gasteiger partial charge in [-0.15, -0.1) is 0 Å². The standard InChI is InChI=1S/C5H10N2/c1-2-4-7-5(3-1)6-7/h5-6H,1-4H2. The highest BCUT2D eigenvalue weighted by Gasteiger charge is 2.34. The van der Waals surface area contributed by atoms with Crippen molar-refractivity contribution in [1.29, 1.82) is 0 Å². The molecule has 0 spiro atoms. The lowest BCUT2D eigenvalue weighted by atomic mass is 10.2. The Balaban J connectivity index is 1.95. The molecule has 2 nitrogen and oxygen atoms in total. The molecule has 0 aromatic rings. The highest BCUT2D eigenvalue weighted by Crippen LogP contribution is 2.21. The zero-order valence-electron chi connectivity index (χ0n) is 4.35. The van der Waals surface area contributed by atoms with E-state index >= 15 is 0 Å². The maximum atomic E-state index is 3.26. The van der Waals surface area contributed by atoms with Crippen LogP contribution >= 0.6 is 0 Å². The first-order chi connectivity index (χ1) is 3.47. The monoisotopic (exact) mass is 98.1 g/mol. The molecule has 2 rings (SSSR count). The molecule has 40 valence electrons. The van der Waals surface area contributed by atoms with E-state index in [0.717, 1.165) is 6.17 Å². The predicted molar refractivity (Wildman–Crippen MR) is 27.5 cm³/mol. The molecule has 1 N–H and O–H groups in total. The minimum atomic E-state index is 0.786. The van der Waals surface area contributed by atoms with E-state index in [1.54, 1.807) is 0 Å². The van der Waals surface area contributed by atoms with Crippen molar-refractivity contribution in [3.05, 3.63) is 0 Å². The topological polar surface area (TPSA) is 25.0 Å². The van der Waals surface area contributed by atoms with Crippen LogP contribution in [0.2, 0.25) is 0 Å². The third-order valence-corrected chi connectivity index (χ3v) is 1.75. The summed E-state index contributed by atoms with van der Waals surface area (Å²) in [5.41, 5.74) is 3.26. The highest BCUT2D eigenvalue weighted by molar-refractivity contribution is 4.81. The van der Waals surface area contributed by atoms with Crippen molar-refractivity contribution in [3.63, 3.8) is 0 Å². The molecule has 2 heteroatoms. The summed E-state index contributed by atoms with van der Waals surface area (Å²) >= 11 is 0. The normalized spacial score (nSPS) is 48.0. The van der Waals surface area contributed by atoms with E-state index < -0.39 is 0 Å². The maximum absolute atomic E-state index is 3.26. The number of nitrogens with one attached hydrogen (secondary N) is 1. The van der Waals surface area contributed by atoms with Crippen LogP contribution in [0.15, 0.2) is 0 Å². The second-order valence-electron chi connectivity index (χ2n) is 2.33. The van der Waals surface area contributed by atoms with Crippen LogP contribution in [0.1, 0.15) is 19.3 Å². The third kappa shape index (κ3) is 0.545. The van der Waals surface area contributed by atoms with Crippen molar-refractivity contribution in [2.45, 2.75) is 25.4 Å². The Bertz CT molecular complexity index is 72.1. The van der Waals surface area contributed by atoms with E-state index in [1.165, 1.54) is 25.8 Å². The first-order valence-electron chi connectivity index (χ1n) is 2.99. The van der Waals surface area contributed by atoms with Crippen molar-refractivity contribution in [1.82, 2.24) is 10.4 Å². The zero-order valence-corrected chi connectivity index (χ0v) is 4.35. The van der Waals surface area contributed by atoms with Gasteiger partial charge in [0.15, 0.2) is 0 Å². The van der Waals surface area contributed by atoms with Gasteiger partial charge in [-0.3, -0.25) is 0 Å². The van der Waals surface area contributed by atoms with E-state index in [0.29, 0.717) is 0 Å². The van der Waals surface area contributed by atoms with E-state index in [2.05, 4.69) is 10.4 Å². The molecule has 2 heterocycles. The lowest BCUT2D eigenvalue weighted by molar-refractivity contribution is 0.399. The van der Waals surface area contributed by atoms with Gasteiger partial charge < -0.3 is 0 Å². The Labute approximate surface area is 43.5 Å². The molecule has 2 saturated heterocycles. The summed E-state index contributed by atoms with van der Waals surface area (Å²) in [4.78, 5) is 0. The summed E-state index contributed by atoms with van der Waals surface area (Å²) in [6, 6.07) is 0. The quantitative estimate of drug-likeness (QED) is 0.441. The number of nitrogens with zero attached hydrogens (tertiary/aromatic N) is 1. The van der Waals surface area contributed by atoms with Gasteiger partial charge in [0.25, 0.3) is 0 Å². The molecule has 0 radical (unpaired) electrons. The Morgan fingerprint density at radius 2 is 2.43 bits per heavy atom. The molecule has 2 unspecified atom stereocenters. The number of piperidine rings is 1. The molecule has 0 amide bonds.